The van der Waals surface area contributed by atoms with Crippen LogP contribution in [-0.4, -0.2) is 38.8 Å². The lowest BCUT2D eigenvalue weighted by atomic mass is 9.95. The Morgan fingerprint density at radius 2 is 2.31 bits per heavy atom. The maximum absolute atomic E-state index is 5.39. The van der Waals surface area contributed by atoms with Gasteiger partial charge in [0.25, 0.3) is 0 Å². The molecule has 0 radical (unpaired) electrons. The monoisotopic (exact) mass is 219 g/mol. The minimum atomic E-state index is 0.391. The van der Waals surface area contributed by atoms with Gasteiger partial charge in [0.15, 0.2) is 0 Å². The maximum atomic E-state index is 5.39. The molecule has 0 saturated carbocycles. The summed E-state index contributed by atoms with van der Waals surface area (Å²) < 4.78 is 5.39. The van der Waals surface area contributed by atoms with Gasteiger partial charge in [-0.1, -0.05) is 6.08 Å². The van der Waals surface area contributed by atoms with E-state index in [1.54, 1.807) is 6.26 Å². The predicted molar refractivity (Wildman–Crippen MR) is 62.9 cm³/mol. The molecular weight excluding hydrogens is 202 g/mol. The first-order valence-electron chi connectivity index (χ1n) is 5.85. The highest BCUT2D eigenvalue weighted by Crippen LogP contribution is 2.24. The minimum absolute atomic E-state index is 0.391. The van der Waals surface area contributed by atoms with Gasteiger partial charge in [-0.25, -0.2) is 0 Å². The van der Waals surface area contributed by atoms with Crippen molar-refractivity contribution in [1.29, 1.82) is 0 Å². The van der Waals surface area contributed by atoms with E-state index in [0.29, 0.717) is 12.6 Å². The molecule has 3 aliphatic rings. The van der Waals surface area contributed by atoms with Gasteiger partial charge < -0.3 is 20.7 Å². The Kier molecular flexibility index (Phi) is 2.68. The van der Waals surface area contributed by atoms with E-state index in [4.69, 9.17) is 4.74 Å². The Balaban J connectivity index is 1.89. The molecule has 0 bridgehead atoms. The molecule has 1 atom stereocenters. The molecule has 3 rings (SSSR count). The zero-order chi connectivity index (χ0) is 10.8. The Labute approximate surface area is 95.4 Å². The number of hydrogen-bond acceptors (Lipinski definition) is 4. The fourth-order valence-corrected chi connectivity index (χ4v) is 2.43. The Morgan fingerprint density at radius 1 is 1.31 bits per heavy atom. The summed E-state index contributed by atoms with van der Waals surface area (Å²) in [6, 6.07) is 0.391. The predicted octanol–water partition coefficient (Wildman–Crippen LogP) is -0.125. The molecule has 86 valence electrons. The summed E-state index contributed by atoms with van der Waals surface area (Å²) in [7, 11) is 0. The van der Waals surface area contributed by atoms with Crippen LogP contribution < -0.4 is 16.0 Å². The molecule has 0 aromatic rings. The van der Waals surface area contributed by atoms with Crippen LogP contribution in [0.1, 0.15) is 0 Å². The van der Waals surface area contributed by atoms with Crippen LogP contribution in [0.3, 0.4) is 0 Å². The molecule has 3 aliphatic heterocycles. The average molecular weight is 219 g/mol. The van der Waals surface area contributed by atoms with E-state index in [-0.39, 0.29) is 0 Å². The van der Waals surface area contributed by atoms with Crippen LogP contribution in [0.5, 0.6) is 0 Å². The third-order valence-corrected chi connectivity index (χ3v) is 3.25. The fraction of sp³-hybridized carbons (Fsp3) is 0.500. The second-order valence-electron chi connectivity index (χ2n) is 4.26. The average Bonchev–Trinajstić information content (AvgIpc) is 2.39. The second kappa shape index (κ2) is 4.31. The number of allylic oxidation sites excluding steroid dienone is 1. The Bertz CT molecular complexity index is 364. The summed E-state index contributed by atoms with van der Waals surface area (Å²) >= 11 is 0. The van der Waals surface area contributed by atoms with Gasteiger partial charge in [0.2, 0.25) is 0 Å². The lowest BCUT2D eigenvalue weighted by molar-refractivity contribution is 0.271. The molecule has 3 N–H and O–H groups in total. The van der Waals surface area contributed by atoms with Crippen LogP contribution in [-0.2, 0) is 4.74 Å². The number of rotatable bonds is 1. The number of ether oxygens (including phenoxy) is 1. The van der Waals surface area contributed by atoms with Crippen molar-refractivity contribution in [2.45, 2.75) is 6.04 Å². The zero-order valence-corrected chi connectivity index (χ0v) is 9.25. The van der Waals surface area contributed by atoms with Gasteiger partial charge in [0, 0.05) is 37.4 Å². The first kappa shape index (κ1) is 9.93. The second-order valence-corrected chi connectivity index (χ2v) is 4.26. The van der Waals surface area contributed by atoms with Crippen molar-refractivity contribution in [3.8, 4) is 0 Å². The number of fused-ring (bicyclic) bond motifs is 1. The highest BCUT2D eigenvalue weighted by Gasteiger charge is 2.24. The Morgan fingerprint density at radius 3 is 3.19 bits per heavy atom. The number of dihydropyridines is 1. The SMILES string of the molecule is C1=CC2=CCNC(C3CNCCN3)=C2CO1. The van der Waals surface area contributed by atoms with Crippen molar-refractivity contribution in [2.75, 3.05) is 32.8 Å². The van der Waals surface area contributed by atoms with E-state index in [1.807, 2.05) is 0 Å². The third-order valence-electron chi connectivity index (χ3n) is 3.25. The topological polar surface area (TPSA) is 45.3 Å². The lowest BCUT2D eigenvalue weighted by Gasteiger charge is -2.32. The lowest BCUT2D eigenvalue weighted by Crippen LogP contribution is -2.52. The third kappa shape index (κ3) is 1.74. The summed E-state index contributed by atoms with van der Waals surface area (Å²) in [6.07, 6.45) is 6.05. The van der Waals surface area contributed by atoms with Gasteiger partial charge in [-0.05, 0) is 11.6 Å². The molecule has 16 heavy (non-hydrogen) atoms. The van der Waals surface area contributed by atoms with Gasteiger partial charge in [0.1, 0.15) is 6.61 Å². The molecule has 1 saturated heterocycles. The number of hydrogen-bond donors (Lipinski definition) is 3. The number of nitrogens with one attached hydrogen (secondary N) is 3. The van der Waals surface area contributed by atoms with E-state index in [0.717, 1.165) is 26.2 Å². The van der Waals surface area contributed by atoms with Crippen molar-refractivity contribution in [1.82, 2.24) is 16.0 Å². The Hall–Kier alpha value is -1.26. The van der Waals surface area contributed by atoms with Crippen molar-refractivity contribution < 1.29 is 4.74 Å². The molecule has 4 nitrogen and oxygen atoms in total. The van der Waals surface area contributed by atoms with Gasteiger partial charge in [-0.3, -0.25) is 0 Å². The van der Waals surface area contributed by atoms with E-state index in [2.05, 4.69) is 28.1 Å². The van der Waals surface area contributed by atoms with Crippen molar-refractivity contribution in [3.05, 3.63) is 35.3 Å². The summed E-state index contributed by atoms with van der Waals surface area (Å²) in [4.78, 5) is 0. The van der Waals surface area contributed by atoms with E-state index >= 15 is 0 Å². The first-order chi connectivity index (χ1) is 7.95. The van der Waals surface area contributed by atoms with Crippen LogP contribution in [0.4, 0.5) is 0 Å². The molecule has 0 amide bonds. The molecule has 1 unspecified atom stereocenters. The first-order valence-corrected chi connectivity index (χ1v) is 5.85. The maximum Gasteiger partial charge on any atom is 0.115 e. The molecule has 1 fully saturated rings. The highest BCUT2D eigenvalue weighted by molar-refractivity contribution is 5.48. The van der Waals surface area contributed by atoms with Gasteiger partial charge in [-0.15, -0.1) is 0 Å². The van der Waals surface area contributed by atoms with Gasteiger partial charge in [0.05, 0.1) is 12.3 Å². The highest BCUT2D eigenvalue weighted by atomic mass is 16.5. The number of piperazine rings is 1. The van der Waals surface area contributed by atoms with E-state index < -0.39 is 0 Å². The summed E-state index contributed by atoms with van der Waals surface area (Å²) in [5.41, 5.74) is 3.91. The van der Waals surface area contributed by atoms with Gasteiger partial charge in [-0.2, -0.15) is 0 Å². The van der Waals surface area contributed by atoms with Crippen LogP contribution in [0, 0.1) is 0 Å². The van der Waals surface area contributed by atoms with Crippen LogP contribution in [0.2, 0.25) is 0 Å². The molecule has 0 aromatic carbocycles. The van der Waals surface area contributed by atoms with Crippen molar-refractivity contribution in [2.24, 2.45) is 0 Å². The van der Waals surface area contributed by atoms with Crippen LogP contribution in [0.15, 0.2) is 35.3 Å². The molecule has 3 heterocycles. The normalized spacial score (nSPS) is 29.0. The van der Waals surface area contributed by atoms with E-state index in [1.165, 1.54) is 16.8 Å². The van der Waals surface area contributed by atoms with Crippen LogP contribution >= 0.6 is 0 Å². The minimum Gasteiger partial charge on any atom is -0.496 e. The summed E-state index contributed by atoms with van der Waals surface area (Å²) in [5, 5.41) is 10.4. The molecule has 0 aliphatic carbocycles. The summed E-state index contributed by atoms with van der Waals surface area (Å²) in [6.45, 7) is 4.67. The van der Waals surface area contributed by atoms with Crippen molar-refractivity contribution >= 4 is 0 Å². The van der Waals surface area contributed by atoms with Gasteiger partial charge >= 0.3 is 0 Å². The standard InChI is InChI=1S/C12H17N3O/c1-3-15-12(11-7-13-4-5-14-11)10-8-16-6-2-9(1)10/h1-2,6,11,13-15H,3-5,7-8H2. The smallest absolute Gasteiger partial charge is 0.115 e. The van der Waals surface area contributed by atoms with Crippen LogP contribution in [0.25, 0.3) is 0 Å². The molecule has 4 heteroatoms. The van der Waals surface area contributed by atoms with E-state index in [9.17, 15) is 0 Å². The molecule has 0 spiro atoms. The quantitative estimate of drug-likeness (QED) is 0.575. The molecule has 0 aromatic heterocycles. The zero-order valence-electron chi connectivity index (χ0n) is 9.25. The van der Waals surface area contributed by atoms with Crippen molar-refractivity contribution in [3.63, 3.8) is 0 Å². The largest absolute Gasteiger partial charge is 0.496 e. The molecular formula is C12H17N3O. The summed E-state index contributed by atoms with van der Waals surface area (Å²) in [5.74, 6) is 0. The fourth-order valence-electron chi connectivity index (χ4n) is 2.43.